The first-order valence-corrected chi connectivity index (χ1v) is 7.55. The quantitative estimate of drug-likeness (QED) is 0.774. The van der Waals surface area contributed by atoms with Crippen LogP contribution < -0.4 is 10.9 Å². The number of aryl methyl sites for hydroxylation is 1. The van der Waals surface area contributed by atoms with E-state index < -0.39 is 17.3 Å². The van der Waals surface area contributed by atoms with Crippen LogP contribution >= 0.6 is 0 Å². The molecule has 0 aliphatic carbocycles. The molecule has 0 spiro atoms. The normalized spacial score (nSPS) is 12.1. The Labute approximate surface area is 138 Å². The van der Waals surface area contributed by atoms with E-state index in [2.05, 4.69) is 10.3 Å². The Morgan fingerprint density at radius 2 is 1.92 bits per heavy atom. The Hall–Kier alpha value is -3.15. The summed E-state index contributed by atoms with van der Waals surface area (Å²) in [4.78, 5) is 29.0. The molecule has 24 heavy (non-hydrogen) atoms. The van der Waals surface area contributed by atoms with Crippen molar-refractivity contribution < 1.29 is 9.90 Å². The van der Waals surface area contributed by atoms with Crippen LogP contribution in [0.5, 0.6) is 5.88 Å². The molecule has 3 rings (SSSR count). The largest absolute Gasteiger partial charge is 0.493 e. The number of rotatable bonds is 3. The van der Waals surface area contributed by atoms with E-state index in [0.717, 1.165) is 11.1 Å². The summed E-state index contributed by atoms with van der Waals surface area (Å²) in [5.74, 6) is -1.22. The van der Waals surface area contributed by atoms with Crippen molar-refractivity contribution in [2.24, 2.45) is 0 Å². The first-order valence-electron chi connectivity index (χ1n) is 7.55. The number of fused-ring (bicyclic) bond motifs is 1. The fraction of sp³-hybridized carbons (Fsp3) is 0.167. The number of nitrogens with zero attached hydrogens (tertiary/aromatic N) is 2. The van der Waals surface area contributed by atoms with Gasteiger partial charge in [0.1, 0.15) is 5.65 Å². The monoisotopic (exact) mass is 323 g/mol. The number of pyridine rings is 1. The minimum absolute atomic E-state index is 0.288. The van der Waals surface area contributed by atoms with Crippen LogP contribution in [-0.4, -0.2) is 20.4 Å². The highest BCUT2D eigenvalue weighted by atomic mass is 16.3. The molecule has 2 N–H and O–H groups in total. The summed E-state index contributed by atoms with van der Waals surface area (Å²) in [6.07, 6.45) is 1.58. The van der Waals surface area contributed by atoms with E-state index in [9.17, 15) is 14.7 Å². The summed E-state index contributed by atoms with van der Waals surface area (Å²) in [5, 5.41) is 12.7. The van der Waals surface area contributed by atoms with Crippen molar-refractivity contribution in [1.82, 2.24) is 14.7 Å². The molecule has 2 heterocycles. The molecule has 0 saturated carbocycles. The summed E-state index contributed by atoms with van der Waals surface area (Å²) in [7, 11) is 0. The van der Waals surface area contributed by atoms with Gasteiger partial charge in [0.25, 0.3) is 11.5 Å². The number of amides is 1. The van der Waals surface area contributed by atoms with E-state index in [0.29, 0.717) is 0 Å². The van der Waals surface area contributed by atoms with Crippen molar-refractivity contribution in [1.29, 1.82) is 0 Å². The first-order chi connectivity index (χ1) is 11.5. The second-order valence-electron chi connectivity index (χ2n) is 5.66. The van der Waals surface area contributed by atoms with Crippen LogP contribution in [0.4, 0.5) is 0 Å². The lowest BCUT2D eigenvalue weighted by Crippen LogP contribution is -2.33. The molecule has 3 aromatic rings. The number of carbonyl (C=O) groups is 1. The van der Waals surface area contributed by atoms with Crippen LogP contribution in [0, 0.1) is 6.92 Å². The van der Waals surface area contributed by atoms with Crippen molar-refractivity contribution in [3.8, 4) is 5.88 Å². The summed E-state index contributed by atoms with van der Waals surface area (Å²) >= 11 is 0. The second-order valence-corrected chi connectivity index (χ2v) is 5.66. The third kappa shape index (κ3) is 2.86. The maximum Gasteiger partial charge on any atom is 0.274 e. The Bertz CT molecular complexity index is 964. The molecule has 6 nitrogen and oxygen atoms in total. The highest BCUT2D eigenvalue weighted by Crippen LogP contribution is 2.15. The number of hydrogen-bond donors (Lipinski definition) is 2. The number of aromatic hydroxyl groups is 1. The summed E-state index contributed by atoms with van der Waals surface area (Å²) in [5.41, 5.74) is 1.08. The van der Waals surface area contributed by atoms with Crippen LogP contribution in [0.2, 0.25) is 0 Å². The van der Waals surface area contributed by atoms with Gasteiger partial charge in [-0.05, 0) is 31.0 Å². The van der Waals surface area contributed by atoms with Gasteiger partial charge in [0, 0.05) is 6.20 Å². The van der Waals surface area contributed by atoms with Crippen molar-refractivity contribution >= 4 is 11.6 Å². The molecule has 0 aliphatic rings. The Morgan fingerprint density at radius 3 is 2.62 bits per heavy atom. The molecule has 1 amide bonds. The molecular formula is C18H17N3O3. The molecule has 0 aliphatic heterocycles. The average Bonchev–Trinajstić information content (AvgIpc) is 2.56. The minimum atomic E-state index is -0.655. The fourth-order valence-electron chi connectivity index (χ4n) is 2.53. The van der Waals surface area contributed by atoms with Gasteiger partial charge >= 0.3 is 0 Å². The van der Waals surface area contributed by atoms with Crippen LogP contribution in [-0.2, 0) is 0 Å². The van der Waals surface area contributed by atoms with Gasteiger partial charge in [-0.1, -0.05) is 36.4 Å². The van der Waals surface area contributed by atoms with E-state index in [1.54, 1.807) is 25.3 Å². The number of benzene rings is 1. The van der Waals surface area contributed by atoms with Gasteiger partial charge in [0.2, 0.25) is 5.88 Å². The maximum atomic E-state index is 12.6. The third-order valence-corrected chi connectivity index (χ3v) is 3.83. The van der Waals surface area contributed by atoms with Crippen molar-refractivity contribution in [2.75, 3.05) is 0 Å². The molecular weight excluding hydrogens is 306 g/mol. The molecule has 2 aromatic heterocycles. The van der Waals surface area contributed by atoms with Gasteiger partial charge in [-0.3, -0.25) is 14.0 Å². The van der Waals surface area contributed by atoms with Crippen LogP contribution in [0.1, 0.15) is 34.5 Å². The second kappa shape index (κ2) is 6.16. The lowest BCUT2D eigenvalue weighted by atomic mass is 10.1. The van der Waals surface area contributed by atoms with Gasteiger partial charge in [0.05, 0.1) is 6.04 Å². The van der Waals surface area contributed by atoms with E-state index in [1.165, 1.54) is 4.40 Å². The van der Waals surface area contributed by atoms with Gasteiger partial charge in [0.15, 0.2) is 5.56 Å². The van der Waals surface area contributed by atoms with Gasteiger partial charge in [-0.2, -0.15) is 4.98 Å². The first kappa shape index (κ1) is 15.7. The molecule has 0 saturated heterocycles. The summed E-state index contributed by atoms with van der Waals surface area (Å²) in [6.45, 7) is 3.64. The van der Waals surface area contributed by atoms with Crippen molar-refractivity contribution in [3.63, 3.8) is 0 Å². The van der Waals surface area contributed by atoms with Crippen LogP contribution in [0.25, 0.3) is 5.65 Å². The average molecular weight is 323 g/mol. The maximum absolute atomic E-state index is 12.6. The zero-order valence-electron chi connectivity index (χ0n) is 13.4. The summed E-state index contributed by atoms with van der Waals surface area (Å²) < 4.78 is 1.26. The van der Waals surface area contributed by atoms with Gasteiger partial charge in [-0.25, -0.2) is 0 Å². The van der Waals surface area contributed by atoms with Crippen LogP contribution in [0.15, 0.2) is 53.5 Å². The zero-order valence-corrected chi connectivity index (χ0v) is 13.4. The predicted octanol–water partition coefficient (Wildman–Crippen LogP) is 2.20. The molecule has 6 heteroatoms. The molecule has 0 unspecified atom stereocenters. The fourth-order valence-corrected chi connectivity index (χ4v) is 2.53. The number of hydrogen-bond acceptors (Lipinski definition) is 4. The lowest BCUT2D eigenvalue weighted by Gasteiger charge is -2.14. The highest BCUT2D eigenvalue weighted by molar-refractivity contribution is 5.96. The third-order valence-electron chi connectivity index (χ3n) is 3.83. The predicted molar refractivity (Wildman–Crippen MR) is 90.2 cm³/mol. The zero-order chi connectivity index (χ0) is 17.3. The molecule has 1 atom stereocenters. The summed E-state index contributed by atoms with van der Waals surface area (Å²) in [6, 6.07) is 12.4. The Kier molecular flexibility index (Phi) is 4.04. The number of aromatic nitrogens is 2. The molecule has 1 aromatic carbocycles. The van der Waals surface area contributed by atoms with Crippen LogP contribution in [0.3, 0.4) is 0 Å². The highest BCUT2D eigenvalue weighted by Gasteiger charge is 2.21. The van der Waals surface area contributed by atoms with Gasteiger partial charge in [-0.15, -0.1) is 0 Å². The van der Waals surface area contributed by atoms with E-state index in [4.69, 9.17) is 0 Å². The Morgan fingerprint density at radius 1 is 1.21 bits per heavy atom. The lowest BCUT2D eigenvalue weighted by molar-refractivity contribution is 0.0934. The van der Waals surface area contributed by atoms with Crippen molar-refractivity contribution in [2.45, 2.75) is 19.9 Å². The smallest absolute Gasteiger partial charge is 0.274 e. The number of nitrogens with one attached hydrogen (secondary N) is 1. The standard InChI is InChI=1S/C18H17N3O3/c1-11-8-9-14-20-17(23)15(18(24)21(14)10-11)16(22)19-12(2)13-6-4-3-5-7-13/h3-10,12,23H,1-2H3,(H,19,22)/t12-/m0/s1. The minimum Gasteiger partial charge on any atom is -0.493 e. The van der Waals surface area contributed by atoms with E-state index >= 15 is 0 Å². The van der Waals surface area contributed by atoms with E-state index in [-0.39, 0.29) is 17.3 Å². The number of carbonyl (C=O) groups excluding carboxylic acids is 1. The molecule has 0 radical (unpaired) electrons. The molecule has 122 valence electrons. The SMILES string of the molecule is Cc1ccc2nc(O)c(C(=O)N[C@@H](C)c3ccccc3)c(=O)n2c1. The Balaban J connectivity index is 1.99. The van der Waals surface area contributed by atoms with Crippen molar-refractivity contribution in [3.05, 3.63) is 75.7 Å². The molecule has 0 fully saturated rings. The molecule has 0 bridgehead atoms. The van der Waals surface area contributed by atoms with Gasteiger partial charge < -0.3 is 10.4 Å². The van der Waals surface area contributed by atoms with E-state index in [1.807, 2.05) is 37.3 Å². The topological polar surface area (TPSA) is 83.7 Å².